The molecule has 3 rings (SSSR count). The van der Waals surface area contributed by atoms with Gasteiger partial charge in [0.1, 0.15) is 0 Å². The average molecular weight is 299 g/mol. The van der Waals surface area contributed by atoms with Gasteiger partial charge in [-0.15, -0.1) is 0 Å². The minimum absolute atomic E-state index is 0.255. The van der Waals surface area contributed by atoms with Crippen molar-refractivity contribution in [1.82, 2.24) is 14.8 Å². The van der Waals surface area contributed by atoms with Gasteiger partial charge in [-0.1, -0.05) is 19.9 Å². The van der Waals surface area contributed by atoms with Crippen LogP contribution < -0.4 is 0 Å². The van der Waals surface area contributed by atoms with Crippen LogP contribution in [0.15, 0.2) is 24.3 Å². The van der Waals surface area contributed by atoms with E-state index in [4.69, 9.17) is 0 Å². The van der Waals surface area contributed by atoms with E-state index in [1.54, 1.807) is 0 Å². The summed E-state index contributed by atoms with van der Waals surface area (Å²) in [6.45, 7) is 7.95. The van der Waals surface area contributed by atoms with Crippen LogP contribution in [-0.2, 0) is 11.3 Å². The lowest BCUT2D eigenvalue weighted by atomic mass is 10.1. The van der Waals surface area contributed by atoms with Crippen molar-refractivity contribution in [3.63, 3.8) is 0 Å². The second-order valence-corrected chi connectivity index (χ2v) is 6.64. The second-order valence-electron chi connectivity index (χ2n) is 6.64. The Bertz CT molecular complexity index is 674. The maximum absolute atomic E-state index is 11.7. The van der Waals surface area contributed by atoms with E-state index in [0.29, 0.717) is 12.3 Å². The van der Waals surface area contributed by atoms with E-state index in [-0.39, 0.29) is 5.91 Å². The van der Waals surface area contributed by atoms with Crippen molar-refractivity contribution in [1.29, 1.82) is 0 Å². The zero-order chi connectivity index (χ0) is 15.7. The number of fused-ring (bicyclic) bond motifs is 1. The van der Waals surface area contributed by atoms with Gasteiger partial charge in [0.2, 0.25) is 5.91 Å². The van der Waals surface area contributed by atoms with Crippen LogP contribution in [0.1, 0.15) is 37.4 Å². The Morgan fingerprint density at radius 1 is 1.18 bits per heavy atom. The summed E-state index contributed by atoms with van der Waals surface area (Å²) in [6.07, 6.45) is 0.625. The van der Waals surface area contributed by atoms with Gasteiger partial charge >= 0.3 is 0 Å². The number of H-pyrrole nitrogens is 1. The number of aromatic nitrogens is 1. The molecule has 1 fully saturated rings. The van der Waals surface area contributed by atoms with E-state index < -0.39 is 0 Å². The molecule has 0 radical (unpaired) electrons. The Morgan fingerprint density at radius 2 is 2.00 bits per heavy atom. The quantitative estimate of drug-likeness (QED) is 0.946. The summed E-state index contributed by atoms with van der Waals surface area (Å²) in [5.74, 6) is 0.771. The highest BCUT2D eigenvalue weighted by Gasteiger charge is 2.18. The summed E-state index contributed by atoms with van der Waals surface area (Å²) >= 11 is 0. The predicted octanol–water partition coefficient (Wildman–Crippen LogP) is 2.96. The van der Waals surface area contributed by atoms with Crippen molar-refractivity contribution < 1.29 is 4.79 Å². The summed E-state index contributed by atoms with van der Waals surface area (Å²) in [6, 6.07) is 8.89. The molecule has 22 heavy (non-hydrogen) atoms. The van der Waals surface area contributed by atoms with Crippen LogP contribution in [0.25, 0.3) is 10.9 Å². The maximum Gasteiger partial charge on any atom is 0.223 e. The number of hydrogen-bond donors (Lipinski definition) is 1. The summed E-state index contributed by atoms with van der Waals surface area (Å²) in [7, 11) is 1.89. The van der Waals surface area contributed by atoms with Crippen LogP contribution in [0, 0.1) is 0 Å². The molecule has 1 aliphatic rings. The molecule has 1 aromatic carbocycles. The van der Waals surface area contributed by atoms with E-state index in [2.05, 4.69) is 48.0 Å². The van der Waals surface area contributed by atoms with Gasteiger partial charge in [-0.3, -0.25) is 9.69 Å². The van der Waals surface area contributed by atoms with Crippen molar-refractivity contribution >= 4 is 16.8 Å². The molecule has 1 aliphatic heterocycles. The summed E-state index contributed by atoms with van der Waals surface area (Å²) in [5, 5.41) is 1.28. The van der Waals surface area contributed by atoms with Crippen LogP contribution in [0.5, 0.6) is 0 Å². The van der Waals surface area contributed by atoms with Gasteiger partial charge in [0.05, 0.1) is 0 Å². The minimum atomic E-state index is 0.255. The number of carbonyl (C=O) groups is 1. The molecule has 0 saturated carbocycles. The highest BCUT2D eigenvalue weighted by atomic mass is 16.2. The number of hydrogen-bond acceptors (Lipinski definition) is 2. The first kappa shape index (κ1) is 15.1. The third-order valence-corrected chi connectivity index (χ3v) is 4.55. The molecular weight excluding hydrogens is 274 g/mol. The van der Waals surface area contributed by atoms with Crippen molar-refractivity contribution in [2.24, 2.45) is 0 Å². The molecule has 0 unspecified atom stereocenters. The Balaban J connectivity index is 1.74. The van der Waals surface area contributed by atoms with Gasteiger partial charge < -0.3 is 9.88 Å². The Morgan fingerprint density at radius 3 is 2.77 bits per heavy atom. The molecule has 118 valence electrons. The average Bonchev–Trinajstić information content (AvgIpc) is 2.86. The van der Waals surface area contributed by atoms with Gasteiger partial charge in [-0.2, -0.15) is 0 Å². The van der Waals surface area contributed by atoms with Gasteiger partial charge in [-0.05, 0) is 35.1 Å². The number of nitrogens with zero attached hydrogens (tertiary/aromatic N) is 2. The Labute approximate surface area is 132 Å². The molecule has 0 atom stereocenters. The molecule has 2 heterocycles. The lowest BCUT2D eigenvalue weighted by molar-refractivity contribution is -0.129. The first-order valence-electron chi connectivity index (χ1n) is 8.11. The van der Waals surface area contributed by atoms with E-state index in [1.165, 1.54) is 22.2 Å². The van der Waals surface area contributed by atoms with Crippen LogP contribution in [0.3, 0.4) is 0 Å². The molecule has 2 aromatic rings. The number of likely N-dealkylation sites (N-methyl/N-ethyl adjacent to an activating group) is 1. The molecule has 1 amide bonds. The smallest absolute Gasteiger partial charge is 0.223 e. The van der Waals surface area contributed by atoms with Gasteiger partial charge in [0.15, 0.2) is 0 Å². The standard InChI is InChI=1S/C18H25N3O/c1-13(2)17-11-15-10-14(4-5-16(15)19-17)12-21-7-6-18(22)20(3)8-9-21/h4-5,10-11,13,19H,6-9,12H2,1-3H3. The first-order valence-corrected chi connectivity index (χ1v) is 8.11. The third-order valence-electron chi connectivity index (χ3n) is 4.55. The molecule has 4 nitrogen and oxygen atoms in total. The van der Waals surface area contributed by atoms with Crippen molar-refractivity contribution in [3.05, 3.63) is 35.5 Å². The SMILES string of the molecule is CC(C)c1cc2cc(CN3CCC(=O)N(C)CC3)ccc2[nH]1. The minimum Gasteiger partial charge on any atom is -0.358 e. The fourth-order valence-corrected chi connectivity index (χ4v) is 3.00. The van der Waals surface area contributed by atoms with Crippen LogP contribution >= 0.6 is 0 Å². The topological polar surface area (TPSA) is 39.3 Å². The molecule has 0 spiro atoms. The lowest BCUT2D eigenvalue weighted by Crippen LogP contribution is -2.29. The van der Waals surface area contributed by atoms with Gasteiger partial charge in [0.25, 0.3) is 0 Å². The number of aromatic amines is 1. The van der Waals surface area contributed by atoms with E-state index in [0.717, 1.165) is 26.2 Å². The third kappa shape index (κ3) is 3.17. The van der Waals surface area contributed by atoms with Gasteiger partial charge in [0, 0.05) is 50.9 Å². The molecule has 4 heteroatoms. The Hall–Kier alpha value is -1.81. The van der Waals surface area contributed by atoms with Crippen molar-refractivity contribution in [2.45, 2.75) is 32.7 Å². The fourth-order valence-electron chi connectivity index (χ4n) is 3.00. The number of nitrogens with one attached hydrogen (secondary N) is 1. The second kappa shape index (κ2) is 6.13. The molecule has 0 bridgehead atoms. The predicted molar refractivity (Wildman–Crippen MR) is 89.9 cm³/mol. The van der Waals surface area contributed by atoms with E-state index in [1.807, 2.05) is 11.9 Å². The monoisotopic (exact) mass is 299 g/mol. The normalized spacial score (nSPS) is 17.5. The van der Waals surface area contributed by atoms with Crippen molar-refractivity contribution in [3.8, 4) is 0 Å². The molecule has 1 saturated heterocycles. The summed E-state index contributed by atoms with van der Waals surface area (Å²) in [5.41, 5.74) is 3.81. The van der Waals surface area contributed by atoms with Crippen LogP contribution in [0.2, 0.25) is 0 Å². The molecule has 1 N–H and O–H groups in total. The van der Waals surface area contributed by atoms with Gasteiger partial charge in [-0.25, -0.2) is 0 Å². The largest absolute Gasteiger partial charge is 0.358 e. The lowest BCUT2D eigenvalue weighted by Gasteiger charge is -2.19. The zero-order valence-corrected chi connectivity index (χ0v) is 13.7. The van der Waals surface area contributed by atoms with Crippen LogP contribution in [-0.4, -0.2) is 47.4 Å². The number of rotatable bonds is 3. The molecule has 1 aromatic heterocycles. The summed E-state index contributed by atoms with van der Waals surface area (Å²) in [4.78, 5) is 19.4. The number of amides is 1. The fraction of sp³-hybridized carbons (Fsp3) is 0.500. The van der Waals surface area contributed by atoms with E-state index >= 15 is 0 Å². The first-order chi connectivity index (χ1) is 10.5. The zero-order valence-electron chi connectivity index (χ0n) is 13.7. The van der Waals surface area contributed by atoms with E-state index in [9.17, 15) is 4.79 Å². The number of carbonyl (C=O) groups excluding carboxylic acids is 1. The molecular formula is C18H25N3O. The van der Waals surface area contributed by atoms with Crippen LogP contribution in [0.4, 0.5) is 0 Å². The van der Waals surface area contributed by atoms with Crippen molar-refractivity contribution in [2.75, 3.05) is 26.7 Å². The number of benzene rings is 1. The Kier molecular flexibility index (Phi) is 4.21. The summed E-state index contributed by atoms with van der Waals surface area (Å²) < 4.78 is 0. The maximum atomic E-state index is 11.7. The highest BCUT2D eigenvalue weighted by Crippen LogP contribution is 2.22. The highest BCUT2D eigenvalue weighted by molar-refractivity contribution is 5.81. The molecule has 0 aliphatic carbocycles.